The Labute approximate surface area is 89.0 Å². The SMILES string of the molecule is CCOC(=O)C(C#N)=C1C=C(N)CCC1. The molecule has 0 aromatic rings. The number of nitrogens with two attached hydrogens (primary N) is 1. The largest absolute Gasteiger partial charge is 0.462 e. The van der Waals surface area contributed by atoms with Gasteiger partial charge in [-0.25, -0.2) is 4.79 Å². The highest BCUT2D eigenvalue weighted by Gasteiger charge is 2.17. The first-order valence-corrected chi connectivity index (χ1v) is 4.95. The van der Waals surface area contributed by atoms with Crippen molar-refractivity contribution in [2.45, 2.75) is 26.2 Å². The zero-order valence-electron chi connectivity index (χ0n) is 8.75. The molecule has 1 aliphatic rings. The lowest BCUT2D eigenvalue weighted by Gasteiger charge is -2.12. The number of allylic oxidation sites excluding steroid dienone is 3. The number of carbonyl (C=O) groups excluding carboxylic acids is 1. The van der Waals surface area contributed by atoms with E-state index in [2.05, 4.69) is 0 Å². The second-order valence-corrected chi connectivity index (χ2v) is 3.31. The van der Waals surface area contributed by atoms with Crippen molar-refractivity contribution >= 4 is 5.97 Å². The summed E-state index contributed by atoms with van der Waals surface area (Å²) < 4.78 is 4.79. The van der Waals surface area contributed by atoms with Crippen LogP contribution < -0.4 is 5.73 Å². The van der Waals surface area contributed by atoms with Crippen LogP contribution in [0.3, 0.4) is 0 Å². The van der Waals surface area contributed by atoms with Gasteiger partial charge >= 0.3 is 5.97 Å². The summed E-state index contributed by atoms with van der Waals surface area (Å²) in [5, 5.41) is 8.88. The first-order chi connectivity index (χ1) is 7.19. The molecule has 0 aromatic heterocycles. The quantitative estimate of drug-likeness (QED) is 0.421. The predicted molar refractivity (Wildman–Crippen MR) is 55.4 cm³/mol. The predicted octanol–water partition coefficient (Wildman–Crippen LogP) is 1.40. The molecule has 0 fully saturated rings. The van der Waals surface area contributed by atoms with Gasteiger partial charge in [-0.15, -0.1) is 0 Å². The minimum atomic E-state index is -0.555. The first-order valence-electron chi connectivity index (χ1n) is 4.95. The van der Waals surface area contributed by atoms with Crippen LogP contribution in [0.25, 0.3) is 0 Å². The molecule has 0 aliphatic heterocycles. The number of esters is 1. The average Bonchev–Trinajstić information content (AvgIpc) is 2.19. The highest BCUT2D eigenvalue weighted by molar-refractivity contribution is 5.94. The van der Waals surface area contributed by atoms with Gasteiger partial charge in [0.1, 0.15) is 11.6 Å². The molecule has 1 rings (SSSR count). The van der Waals surface area contributed by atoms with E-state index in [0.717, 1.165) is 12.8 Å². The Bertz CT molecular complexity index is 361. The van der Waals surface area contributed by atoms with Crippen molar-refractivity contribution in [2.75, 3.05) is 6.61 Å². The number of ether oxygens (including phenoxy) is 1. The molecule has 0 saturated heterocycles. The van der Waals surface area contributed by atoms with Gasteiger partial charge in [0, 0.05) is 5.70 Å². The fourth-order valence-electron chi connectivity index (χ4n) is 1.50. The van der Waals surface area contributed by atoms with Crippen molar-refractivity contribution in [2.24, 2.45) is 5.73 Å². The number of carbonyl (C=O) groups is 1. The summed E-state index contributed by atoms with van der Waals surface area (Å²) in [7, 11) is 0. The van der Waals surface area contributed by atoms with Crippen LogP contribution >= 0.6 is 0 Å². The number of hydrogen-bond acceptors (Lipinski definition) is 4. The number of rotatable bonds is 2. The van der Waals surface area contributed by atoms with Gasteiger partial charge in [0.2, 0.25) is 0 Å². The molecule has 4 nitrogen and oxygen atoms in total. The van der Waals surface area contributed by atoms with Crippen molar-refractivity contribution in [1.29, 1.82) is 5.26 Å². The van der Waals surface area contributed by atoms with E-state index in [9.17, 15) is 4.79 Å². The average molecular weight is 206 g/mol. The molecule has 1 aliphatic carbocycles. The van der Waals surface area contributed by atoms with Gasteiger partial charge in [-0.3, -0.25) is 0 Å². The summed E-state index contributed by atoms with van der Waals surface area (Å²) in [6, 6.07) is 1.88. The Hall–Kier alpha value is -1.76. The van der Waals surface area contributed by atoms with Crippen LogP contribution in [0.15, 0.2) is 22.9 Å². The monoisotopic (exact) mass is 206 g/mol. The molecule has 0 saturated carbocycles. The number of nitriles is 1. The Kier molecular flexibility index (Phi) is 3.92. The maximum atomic E-state index is 11.4. The fraction of sp³-hybridized carbons (Fsp3) is 0.455. The molecule has 0 spiro atoms. The van der Waals surface area contributed by atoms with Crippen LogP contribution in [-0.4, -0.2) is 12.6 Å². The molecular formula is C11H14N2O2. The fourth-order valence-corrected chi connectivity index (χ4v) is 1.50. The van der Waals surface area contributed by atoms with E-state index < -0.39 is 5.97 Å². The van der Waals surface area contributed by atoms with Gasteiger partial charge < -0.3 is 10.5 Å². The lowest BCUT2D eigenvalue weighted by molar-refractivity contribution is -0.138. The molecule has 0 atom stereocenters. The zero-order valence-corrected chi connectivity index (χ0v) is 8.75. The second-order valence-electron chi connectivity index (χ2n) is 3.31. The van der Waals surface area contributed by atoms with Crippen molar-refractivity contribution in [3.05, 3.63) is 22.9 Å². The van der Waals surface area contributed by atoms with Crippen molar-refractivity contribution in [1.82, 2.24) is 0 Å². The van der Waals surface area contributed by atoms with E-state index in [4.69, 9.17) is 15.7 Å². The van der Waals surface area contributed by atoms with E-state index in [1.54, 1.807) is 13.0 Å². The van der Waals surface area contributed by atoms with Crippen LogP contribution in [0.2, 0.25) is 0 Å². The van der Waals surface area contributed by atoms with E-state index in [1.165, 1.54) is 0 Å². The minimum absolute atomic E-state index is 0.0829. The van der Waals surface area contributed by atoms with Crippen LogP contribution in [-0.2, 0) is 9.53 Å². The molecule has 2 N–H and O–H groups in total. The van der Waals surface area contributed by atoms with E-state index >= 15 is 0 Å². The molecule has 15 heavy (non-hydrogen) atoms. The lowest BCUT2D eigenvalue weighted by atomic mass is 9.95. The summed E-state index contributed by atoms with van der Waals surface area (Å²) >= 11 is 0. The summed E-state index contributed by atoms with van der Waals surface area (Å²) in [5.41, 5.74) is 7.15. The highest BCUT2D eigenvalue weighted by atomic mass is 16.5. The summed E-state index contributed by atoms with van der Waals surface area (Å²) in [4.78, 5) is 11.4. The normalized spacial score (nSPS) is 18.8. The molecule has 4 heteroatoms. The van der Waals surface area contributed by atoms with Gasteiger partial charge in [-0.2, -0.15) is 5.26 Å². The maximum Gasteiger partial charge on any atom is 0.349 e. The van der Waals surface area contributed by atoms with Crippen LogP contribution in [0.4, 0.5) is 0 Å². The highest BCUT2D eigenvalue weighted by Crippen LogP contribution is 2.22. The number of hydrogen-bond donors (Lipinski definition) is 1. The van der Waals surface area contributed by atoms with E-state index in [1.807, 2.05) is 6.07 Å². The van der Waals surface area contributed by atoms with Crippen molar-refractivity contribution in [3.63, 3.8) is 0 Å². The molecular weight excluding hydrogens is 192 g/mol. The molecule has 0 unspecified atom stereocenters. The van der Waals surface area contributed by atoms with Gasteiger partial charge in [-0.1, -0.05) is 0 Å². The van der Waals surface area contributed by atoms with Crippen LogP contribution in [0.5, 0.6) is 0 Å². The van der Waals surface area contributed by atoms with Gasteiger partial charge in [0.25, 0.3) is 0 Å². The Morgan fingerprint density at radius 1 is 1.67 bits per heavy atom. The summed E-state index contributed by atoms with van der Waals surface area (Å²) in [6.07, 6.45) is 4.12. The summed E-state index contributed by atoms with van der Waals surface area (Å²) in [5.74, 6) is -0.555. The van der Waals surface area contributed by atoms with Gasteiger partial charge in [0.05, 0.1) is 6.61 Å². The lowest BCUT2D eigenvalue weighted by Crippen LogP contribution is -2.11. The molecule has 0 aromatic carbocycles. The Morgan fingerprint density at radius 2 is 2.40 bits per heavy atom. The topological polar surface area (TPSA) is 76.1 Å². The third-order valence-electron chi connectivity index (χ3n) is 2.18. The van der Waals surface area contributed by atoms with Crippen molar-refractivity contribution < 1.29 is 9.53 Å². The Balaban J connectivity index is 2.98. The first kappa shape index (κ1) is 11.3. The molecule has 0 heterocycles. The minimum Gasteiger partial charge on any atom is -0.462 e. The maximum absolute atomic E-state index is 11.4. The van der Waals surface area contributed by atoms with Gasteiger partial charge in [-0.05, 0) is 37.8 Å². The van der Waals surface area contributed by atoms with Crippen LogP contribution in [0.1, 0.15) is 26.2 Å². The van der Waals surface area contributed by atoms with E-state index in [0.29, 0.717) is 17.7 Å². The Morgan fingerprint density at radius 3 is 2.93 bits per heavy atom. The molecule has 0 amide bonds. The zero-order chi connectivity index (χ0) is 11.3. The standard InChI is InChI=1S/C11H14N2O2/c1-2-15-11(14)10(7-12)8-4-3-5-9(13)6-8/h6H,2-5,13H2,1H3. The third-order valence-corrected chi connectivity index (χ3v) is 2.18. The van der Waals surface area contributed by atoms with Crippen LogP contribution in [0, 0.1) is 11.3 Å². The van der Waals surface area contributed by atoms with E-state index in [-0.39, 0.29) is 12.2 Å². The number of nitrogens with zero attached hydrogens (tertiary/aromatic N) is 1. The molecule has 80 valence electrons. The second kappa shape index (κ2) is 5.20. The third kappa shape index (κ3) is 2.84. The van der Waals surface area contributed by atoms with Gasteiger partial charge in [0.15, 0.2) is 0 Å². The summed E-state index contributed by atoms with van der Waals surface area (Å²) in [6.45, 7) is 1.99. The molecule has 0 bridgehead atoms. The van der Waals surface area contributed by atoms with Crippen molar-refractivity contribution in [3.8, 4) is 6.07 Å². The smallest absolute Gasteiger partial charge is 0.349 e. The molecule has 0 radical (unpaired) electrons.